The predicted molar refractivity (Wildman–Crippen MR) is 78.7 cm³/mol. The molecule has 0 fully saturated rings. The van der Waals surface area contributed by atoms with Gasteiger partial charge in [-0.2, -0.15) is 0 Å². The van der Waals surface area contributed by atoms with E-state index in [1.165, 1.54) is 0 Å². The van der Waals surface area contributed by atoms with Crippen LogP contribution in [-0.2, 0) is 11.2 Å². The van der Waals surface area contributed by atoms with Crippen LogP contribution in [0.2, 0.25) is 0 Å². The molecule has 0 spiro atoms. The summed E-state index contributed by atoms with van der Waals surface area (Å²) in [5.41, 5.74) is 2.65. The molecule has 100 valence electrons. The second-order valence-electron chi connectivity index (χ2n) is 4.69. The van der Waals surface area contributed by atoms with Crippen molar-refractivity contribution < 1.29 is 4.79 Å². The summed E-state index contributed by atoms with van der Waals surface area (Å²) in [7, 11) is 0. The van der Waals surface area contributed by atoms with Gasteiger partial charge in [0, 0.05) is 6.20 Å². The normalized spacial score (nSPS) is 10.7. The Kier molecular flexibility index (Phi) is 3.21. The van der Waals surface area contributed by atoms with Crippen molar-refractivity contribution in [3.05, 3.63) is 66.0 Å². The van der Waals surface area contributed by atoms with Crippen molar-refractivity contribution in [3.8, 4) is 0 Å². The van der Waals surface area contributed by atoms with E-state index < -0.39 is 0 Å². The van der Waals surface area contributed by atoms with E-state index >= 15 is 0 Å². The number of pyridine rings is 1. The van der Waals surface area contributed by atoms with Gasteiger partial charge in [-0.25, -0.2) is 4.98 Å². The number of rotatable bonds is 3. The van der Waals surface area contributed by atoms with Gasteiger partial charge in [-0.15, -0.1) is 0 Å². The number of amides is 1. The number of hydrogen-bond donors (Lipinski definition) is 1. The Morgan fingerprint density at radius 2 is 1.90 bits per heavy atom. The van der Waals surface area contributed by atoms with Crippen LogP contribution in [0.5, 0.6) is 0 Å². The number of imidazole rings is 1. The number of carbonyl (C=O) groups is 1. The lowest BCUT2D eigenvalue weighted by Crippen LogP contribution is -2.16. The van der Waals surface area contributed by atoms with Crippen molar-refractivity contribution in [1.29, 1.82) is 0 Å². The van der Waals surface area contributed by atoms with Crippen molar-refractivity contribution in [2.24, 2.45) is 0 Å². The molecule has 0 aliphatic rings. The number of nitrogens with zero attached hydrogens (tertiary/aromatic N) is 2. The van der Waals surface area contributed by atoms with Crippen LogP contribution in [0.15, 0.2) is 54.7 Å². The van der Waals surface area contributed by atoms with E-state index in [9.17, 15) is 4.79 Å². The topological polar surface area (TPSA) is 46.4 Å². The van der Waals surface area contributed by atoms with E-state index in [2.05, 4.69) is 10.3 Å². The molecule has 1 N–H and O–H groups in total. The Hall–Kier alpha value is -2.62. The molecule has 20 heavy (non-hydrogen) atoms. The molecule has 3 rings (SSSR count). The summed E-state index contributed by atoms with van der Waals surface area (Å²) in [4.78, 5) is 16.5. The molecule has 2 heterocycles. The SMILES string of the molecule is Cc1nc2ccccn2c1NC(=O)Cc1ccccc1. The van der Waals surface area contributed by atoms with Gasteiger partial charge < -0.3 is 5.32 Å². The highest BCUT2D eigenvalue weighted by Gasteiger charge is 2.11. The van der Waals surface area contributed by atoms with Gasteiger partial charge in [0.25, 0.3) is 0 Å². The van der Waals surface area contributed by atoms with E-state index in [4.69, 9.17) is 0 Å². The molecule has 0 aliphatic carbocycles. The van der Waals surface area contributed by atoms with Crippen molar-refractivity contribution >= 4 is 17.4 Å². The number of hydrogen-bond acceptors (Lipinski definition) is 2. The van der Waals surface area contributed by atoms with Gasteiger partial charge >= 0.3 is 0 Å². The molecule has 0 atom stereocenters. The van der Waals surface area contributed by atoms with E-state index in [1.54, 1.807) is 0 Å². The van der Waals surface area contributed by atoms with Crippen LogP contribution in [0, 0.1) is 6.92 Å². The van der Waals surface area contributed by atoms with Gasteiger partial charge in [0.1, 0.15) is 11.5 Å². The van der Waals surface area contributed by atoms with Crippen LogP contribution in [0.3, 0.4) is 0 Å². The molecule has 1 amide bonds. The molecule has 0 bridgehead atoms. The average Bonchev–Trinajstić information content (AvgIpc) is 2.76. The van der Waals surface area contributed by atoms with E-state index in [1.807, 2.05) is 66.1 Å². The van der Waals surface area contributed by atoms with Crippen LogP contribution in [0.1, 0.15) is 11.3 Å². The minimum Gasteiger partial charge on any atom is -0.310 e. The second-order valence-corrected chi connectivity index (χ2v) is 4.69. The van der Waals surface area contributed by atoms with Crippen molar-refractivity contribution in [2.75, 3.05) is 5.32 Å². The molecule has 0 saturated carbocycles. The highest BCUT2D eigenvalue weighted by molar-refractivity contribution is 5.92. The second kappa shape index (κ2) is 5.17. The molecule has 4 nitrogen and oxygen atoms in total. The zero-order chi connectivity index (χ0) is 13.9. The lowest BCUT2D eigenvalue weighted by molar-refractivity contribution is -0.115. The van der Waals surface area contributed by atoms with Gasteiger partial charge in [0.05, 0.1) is 12.1 Å². The van der Waals surface area contributed by atoms with Gasteiger partial charge in [0.2, 0.25) is 5.91 Å². The summed E-state index contributed by atoms with van der Waals surface area (Å²) < 4.78 is 1.89. The Balaban J connectivity index is 1.83. The molecular formula is C16H15N3O. The molecule has 0 saturated heterocycles. The van der Waals surface area contributed by atoms with Gasteiger partial charge in [-0.05, 0) is 24.6 Å². The third kappa shape index (κ3) is 2.40. The smallest absolute Gasteiger partial charge is 0.229 e. The van der Waals surface area contributed by atoms with Gasteiger partial charge in [-0.3, -0.25) is 9.20 Å². The van der Waals surface area contributed by atoms with Crippen molar-refractivity contribution in [3.63, 3.8) is 0 Å². The number of benzene rings is 1. The number of aryl methyl sites for hydroxylation is 1. The maximum absolute atomic E-state index is 12.1. The zero-order valence-electron chi connectivity index (χ0n) is 11.2. The molecule has 0 aliphatic heterocycles. The third-order valence-electron chi connectivity index (χ3n) is 3.17. The fraction of sp³-hybridized carbons (Fsp3) is 0.125. The lowest BCUT2D eigenvalue weighted by atomic mass is 10.1. The quantitative estimate of drug-likeness (QED) is 0.791. The first-order valence-corrected chi connectivity index (χ1v) is 6.51. The summed E-state index contributed by atoms with van der Waals surface area (Å²) in [6, 6.07) is 15.5. The van der Waals surface area contributed by atoms with Crippen LogP contribution in [-0.4, -0.2) is 15.3 Å². The molecule has 3 aromatic rings. The van der Waals surface area contributed by atoms with Crippen molar-refractivity contribution in [1.82, 2.24) is 9.38 Å². The van der Waals surface area contributed by atoms with Crippen LogP contribution >= 0.6 is 0 Å². The standard InChI is InChI=1S/C16H15N3O/c1-12-16(19-10-6-5-9-14(19)17-12)18-15(20)11-13-7-3-2-4-8-13/h2-10H,11H2,1H3,(H,18,20). The van der Waals surface area contributed by atoms with E-state index in [0.29, 0.717) is 6.42 Å². The fourth-order valence-electron chi connectivity index (χ4n) is 2.22. The first-order valence-electron chi connectivity index (χ1n) is 6.51. The Morgan fingerprint density at radius 1 is 1.15 bits per heavy atom. The maximum Gasteiger partial charge on any atom is 0.229 e. The fourth-order valence-corrected chi connectivity index (χ4v) is 2.22. The molecular weight excluding hydrogens is 250 g/mol. The molecule has 0 unspecified atom stereocenters. The zero-order valence-corrected chi connectivity index (χ0v) is 11.2. The largest absolute Gasteiger partial charge is 0.310 e. The first-order chi connectivity index (χ1) is 9.74. The monoisotopic (exact) mass is 265 g/mol. The summed E-state index contributed by atoms with van der Waals surface area (Å²) in [6.07, 6.45) is 2.26. The molecule has 1 aromatic carbocycles. The van der Waals surface area contributed by atoms with Gasteiger partial charge in [-0.1, -0.05) is 36.4 Å². The number of anilines is 1. The predicted octanol–water partition coefficient (Wildman–Crippen LogP) is 2.82. The van der Waals surface area contributed by atoms with Crippen LogP contribution < -0.4 is 5.32 Å². The van der Waals surface area contributed by atoms with Crippen LogP contribution in [0.4, 0.5) is 5.82 Å². The van der Waals surface area contributed by atoms with Crippen LogP contribution in [0.25, 0.3) is 5.65 Å². The Labute approximate surface area is 117 Å². The summed E-state index contributed by atoms with van der Waals surface area (Å²) in [5.74, 6) is 0.700. The number of nitrogens with one attached hydrogen (secondary N) is 1. The third-order valence-corrected chi connectivity index (χ3v) is 3.17. The van der Waals surface area contributed by atoms with Crippen molar-refractivity contribution in [2.45, 2.75) is 13.3 Å². The highest BCUT2D eigenvalue weighted by atomic mass is 16.1. The number of fused-ring (bicyclic) bond motifs is 1. The summed E-state index contributed by atoms with van der Waals surface area (Å²) >= 11 is 0. The minimum atomic E-state index is -0.0371. The first kappa shape index (κ1) is 12.4. The Bertz CT molecular complexity index is 747. The molecule has 0 radical (unpaired) electrons. The van der Waals surface area contributed by atoms with E-state index in [-0.39, 0.29) is 5.91 Å². The lowest BCUT2D eigenvalue weighted by Gasteiger charge is -2.06. The Morgan fingerprint density at radius 3 is 2.70 bits per heavy atom. The molecule has 2 aromatic heterocycles. The number of carbonyl (C=O) groups excluding carboxylic acids is 1. The molecule has 4 heteroatoms. The number of aromatic nitrogens is 2. The minimum absolute atomic E-state index is 0.0371. The van der Waals surface area contributed by atoms with E-state index in [0.717, 1.165) is 22.7 Å². The summed E-state index contributed by atoms with van der Waals surface area (Å²) in [6.45, 7) is 1.89. The average molecular weight is 265 g/mol. The maximum atomic E-state index is 12.1. The van der Waals surface area contributed by atoms with Gasteiger partial charge in [0.15, 0.2) is 0 Å². The highest BCUT2D eigenvalue weighted by Crippen LogP contribution is 2.17. The summed E-state index contributed by atoms with van der Waals surface area (Å²) in [5, 5.41) is 2.94.